The number of rotatable bonds is 3. The highest BCUT2D eigenvalue weighted by Crippen LogP contribution is 2.27. The Labute approximate surface area is 149 Å². The molecule has 8 heteroatoms. The predicted molar refractivity (Wildman–Crippen MR) is 92.9 cm³/mol. The molecule has 1 aliphatic rings. The van der Waals surface area contributed by atoms with E-state index in [1.807, 2.05) is 24.3 Å². The van der Waals surface area contributed by atoms with Crippen LogP contribution >= 0.6 is 27.5 Å². The van der Waals surface area contributed by atoms with Gasteiger partial charge in [0.1, 0.15) is 5.02 Å². The van der Waals surface area contributed by atoms with Crippen molar-refractivity contribution in [2.45, 2.75) is 0 Å². The Hall–Kier alpha value is -2.51. The Morgan fingerprint density at radius 2 is 2.04 bits per heavy atom. The summed E-state index contributed by atoms with van der Waals surface area (Å²) in [6, 6.07) is 11.4. The van der Waals surface area contributed by atoms with Gasteiger partial charge in [0.15, 0.2) is 5.70 Å². The lowest BCUT2D eigenvalue weighted by atomic mass is 10.2. The summed E-state index contributed by atoms with van der Waals surface area (Å²) >= 11 is 9.12. The molecule has 0 unspecified atom stereocenters. The molecule has 0 aromatic heterocycles. The molecule has 2 aromatic rings. The average Bonchev–Trinajstić information content (AvgIpc) is 2.88. The summed E-state index contributed by atoms with van der Waals surface area (Å²) in [5.74, 6) is -0.622. The van der Waals surface area contributed by atoms with Crippen LogP contribution in [0.25, 0.3) is 6.08 Å². The fraction of sp³-hybridized carbons (Fsp3) is 0. The van der Waals surface area contributed by atoms with Crippen molar-refractivity contribution in [3.63, 3.8) is 0 Å². The molecule has 1 aliphatic heterocycles. The monoisotopic (exact) mass is 406 g/mol. The second-order valence-electron chi connectivity index (χ2n) is 4.81. The fourth-order valence-electron chi connectivity index (χ4n) is 2.07. The molecule has 0 N–H and O–H groups in total. The molecule has 0 saturated carbocycles. The number of benzene rings is 2. The Morgan fingerprint density at radius 3 is 2.75 bits per heavy atom. The van der Waals surface area contributed by atoms with Gasteiger partial charge in [0.05, 0.1) is 4.92 Å². The largest absolute Gasteiger partial charge is 0.402 e. The lowest BCUT2D eigenvalue weighted by Gasteiger charge is -2.00. The normalized spacial score (nSPS) is 15.3. The molecule has 0 amide bonds. The molecule has 2 aromatic carbocycles. The van der Waals surface area contributed by atoms with Crippen molar-refractivity contribution in [1.82, 2.24) is 0 Å². The van der Waals surface area contributed by atoms with E-state index < -0.39 is 10.9 Å². The quantitative estimate of drug-likeness (QED) is 0.328. The fourth-order valence-corrected chi connectivity index (χ4v) is 2.68. The number of aliphatic imine (C=N–C) groups is 1. The van der Waals surface area contributed by atoms with Gasteiger partial charge in [0.25, 0.3) is 5.69 Å². The molecule has 24 heavy (non-hydrogen) atoms. The first kappa shape index (κ1) is 16.4. The highest BCUT2D eigenvalue weighted by molar-refractivity contribution is 9.10. The number of nitro groups is 1. The van der Waals surface area contributed by atoms with Crippen LogP contribution in [0.3, 0.4) is 0 Å². The molecule has 6 nitrogen and oxygen atoms in total. The first-order valence-electron chi connectivity index (χ1n) is 6.66. The number of hydrogen-bond acceptors (Lipinski definition) is 5. The van der Waals surface area contributed by atoms with Gasteiger partial charge in [-0.1, -0.05) is 39.7 Å². The van der Waals surface area contributed by atoms with Crippen molar-refractivity contribution in [3.05, 3.63) is 78.9 Å². The highest BCUT2D eigenvalue weighted by Gasteiger charge is 2.26. The number of esters is 1. The van der Waals surface area contributed by atoms with Crippen LogP contribution in [-0.4, -0.2) is 16.8 Å². The van der Waals surface area contributed by atoms with Gasteiger partial charge in [-0.3, -0.25) is 10.1 Å². The SMILES string of the molecule is O=C1OC(c2ccc(Cl)c([N+](=O)[O-])c2)=NC1=Cc1cccc(Br)c1. The predicted octanol–water partition coefficient (Wildman–Crippen LogP) is 4.36. The van der Waals surface area contributed by atoms with Gasteiger partial charge in [-0.25, -0.2) is 9.79 Å². The van der Waals surface area contributed by atoms with E-state index in [1.165, 1.54) is 18.2 Å². The molecular weight excluding hydrogens is 400 g/mol. The van der Waals surface area contributed by atoms with E-state index in [0.717, 1.165) is 10.0 Å². The first-order valence-corrected chi connectivity index (χ1v) is 7.83. The van der Waals surface area contributed by atoms with Crippen molar-refractivity contribution < 1.29 is 14.5 Å². The molecule has 120 valence electrons. The second-order valence-corrected chi connectivity index (χ2v) is 6.14. The molecule has 0 radical (unpaired) electrons. The minimum atomic E-state index is -0.623. The summed E-state index contributed by atoms with van der Waals surface area (Å²) in [5.41, 5.74) is 0.901. The standard InChI is InChI=1S/C16H8BrClN2O4/c17-11-3-1-2-9(6-11)7-13-16(21)24-15(19-13)10-4-5-12(18)14(8-10)20(22)23/h1-8H. The number of ether oxygens (including phenoxy) is 1. The number of hydrogen-bond donors (Lipinski definition) is 0. The van der Waals surface area contributed by atoms with Crippen molar-refractivity contribution in [2.24, 2.45) is 4.99 Å². The first-order chi connectivity index (χ1) is 11.4. The zero-order valence-corrected chi connectivity index (χ0v) is 14.2. The average molecular weight is 408 g/mol. The van der Waals surface area contributed by atoms with E-state index in [1.54, 1.807) is 6.08 Å². The Kier molecular flexibility index (Phi) is 4.46. The van der Waals surface area contributed by atoms with Crippen molar-refractivity contribution in [2.75, 3.05) is 0 Å². The summed E-state index contributed by atoms with van der Waals surface area (Å²) in [6.45, 7) is 0. The smallest absolute Gasteiger partial charge is 0.363 e. The summed E-state index contributed by atoms with van der Waals surface area (Å²) in [6.07, 6.45) is 1.57. The van der Waals surface area contributed by atoms with Gasteiger partial charge in [-0.2, -0.15) is 0 Å². The number of nitrogens with zero attached hydrogens (tertiary/aromatic N) is 2. The number of carbonyl (C=O) groups is 1. The number of halogens is 2. The summed E-state index contributed by atoms with van der Waals surface area (Å²) < 4.78 is 5.96. The topological polar surface area (TPSA) is 81.8 Å². The summed E-state index contributed by atoms with van der Waals surface area (Å²) in [4.78, 5) is 26.4. The van der Waals surface area contributed by atoms with Gasteiger partial charge in [0, 0.05) is 16.1 Å². The van der Waals surface area contributed by atoms with Gasteiger partial charge in [-0.15, -0.1) is 0 Å². The highest BCUT2D eigenvalue weighted by atomic mass is 79.9. The van der Waals surface area contributed by atoms with Crippen LogP contribution in [0.1, 0.15) is 11.1 Å². The molecule has 0 fully saturated rings. The zero-order valence-electron chi connectivity index (χ0n) is 11.9. The number of cyclic esters (lactones) is 1. The summed E-state index contributed by atoms with van der Waals surface area (Å²) in [7, 11) is 0. The molecule has 1 heterocycles. The van der Waals surface area contributed by atoms with Crippen LogP contribution in [0, 0.1) is 10.1 Å². The molecule has 0 bridgehead atoms. The Morgan fingerprint density at radius 1 is 1.25 bits per heavy atom. The van der Waals surface area contributed by atoms with Crippen molar-refractivity contribution in [1.29, 1.82) is 0 Å². The maximum atomic E-state index is 12.0. The molecule has 0 atom stereocenters. The van der Waals surface area contributed by atoms with Gasteiger partial charge in [-0.05, 0) is 35.9 Å². The minimum Gasteiger partial charge on any atom is -0.402 e. The molecule has 0 aliphatic carbocycles. The maximum absolute atomic E-state index is 12.0. The van der Waals surface area contributed by atoms with Crippen LogP contribution in [0.4, 0.5) is 5.69 Å². The third-order valence-electron chi connectivity index (χ3n) is 3.16. The number of carbonyl (C=O) groups excluding carboxylic acids is 1. The van der Waals surface area contributed by atoms with E-state index in [-0.39, 0.29) is 22.3 Å². The van der Waals surface area contributed by atoms with Crippen LogP contribution < -0.4 is 0 Å². The van der Waals surface area contributed by atoms with Crippen molar-refractivity contribution >= 4 is 51.2 Å². The maximum Gasteiger partial charge on any atom is 0.363 e. The van der Waals surface area contributed by atoms with Crippen LogP contribution in [0.5, 0.6) is 0 Å². The van der Waals surface area contributed by atoms with Crippen LogP contribution in [0.15, 0.2) is 57.6 Å². The van der Waals surface area contributed by atoms with E-state index in [4.69, 9.17) is 16.3 Å². The zero-order chi connectivity index (χ0) is 17.3. The molecule has 0 saturated heterocycles. The third kappa shape index (κ3) is 3.37. The van der Waals surface area contributed by atoms with E-state index in [0.29, 0.717) is 5.56 Å². The minimum absolute atomic E-state index is 0.000938. The van der Waals surface area contributed by atoms with Crippen molar-refractivity contribution in [3.8, 4) is 0 Å². The number of nitro benzene ring substituents is 1. The van der Waals surface area contributed by atoms with Gasteiger partial charge in [0.2, 0.25) is 5.90 Å². The summed E-state index contributed by atoms with van der Waals surface area (Å²) in [5, 5.41) is 10.9. The third-order valence-corrected chi connectivity index (χ3v) is 3.98. The molecule has 0 spiro atoms. The van der Waals surface area contributed by atoms with E-state index >= 15 is 0 Å². The second kappa shape index (κ2) is 6.54. The van der Waals surface area contributed by atoms with E-state index in [9.17, 15) is 14.9 Å². The van der Waals surface area contributed by atoms with Gasteiger partial charge < -0.3 is 4.74 Å². The van der Waals surface area contributed by atoms with Crippen LogP contribution in [-0.2, 0) is 9.53 Å². The lowest BCUT2D eigenvalue weighted by molar-refractivity contribution is -0.384. The Balaban J connectivity index is 1.98. The molecular formula is C16H8BrClN2O4. The van der Waals surface area contributed by atoms with E-state index in [2.05, 4.69) is 20.9 Å². The van der Waals surface area contributed by atoms with Crippen LogP contribution in [0.2, 0.25) is 5.02 Å². The molecule has 3 rings (SSSR count). The lowest BCUT2D eigenvalue weighted by Crippen LogP contribution is -2.06. The Bertz CT molecular complexity index is 924. The van der Waals surface area contributed by atoms with Gasteiger partial charge >= 0.3 is 5.97 Å².